The van der Waals surface area contributed by atoms with Crippen molar-refractivity contribution in [1.82, 2.24) is 25.0 Å². The van der Waals surface area contributed by atoms with Gasteiger partial charge in [0.05, 0.1) is 0 Å². The molecular formula is C7H10N6. The van der Waals surface area contributed by atoms with Gasteiger partial charge in [-0.3, -0.25) is 5.10 Å². The molecule has 6 nitrogen and oxygen atoms in total. The number of hydrogen-bond donors (Lipinski definition) is 2. The fourth-order valence-corrected chi connectivity index (χ4v) is 1.20. The average Bonchev–Trinajstić information content (AvgIpc) is 2.58. The molecule has 2 aromatic rings. The van der Waals surface area contributed by atoms with Gasteiger partial charge in [-0.05, 0) is 6.92 Å². The van der Waals surface area contributed by atoms with Crippen LogP contribution in [0.2, 0.25) is 0 Å². The topological polar surface area (TPSA) is 85.4 Å². The monoisotopic (exact) mass is 178 g/mol. The molecule has 0 aliphatic heterocycles. The van der Waals surface area contributed by atoms with Crippen molar-refractivity contribution in [2.45, 2.75) is 6.92 Å². The second-order valence-electron chi connectivity index (χ2n) is 2.81. The number of nitrogens with two attached hydrogens (primary N) is 1. The van der Waals surface area contributed by atoms with Crippen LogP contribution in [0.5, 0.6) is 0 Å². The van der Waals surface area contributed by atoms with Crippen LogP contribution in [0.1, 0.15) is 5.82 Å². The van der Waals surface area contributed by atoms with Crippen LogP contribution in [0.4, 0.5) is 5.82 Å². The number of aromatic nitrogens is 5. The summed E-state index contributed by atoms with van der Waals surface area (Å²) < 4.78 is 1.68. The number of aryl methyl sites for hydroxylation is 2. The highest BCUT2D eigenvalue weighted by molar-refractivity contribution is 5.53. The normalized spacial score (nSPS) is 10.6. The van der Waals surface area contributed by atoms with E-state index >= 15 is 0 Å². The van der Waals surface area contributed by atoms with Gasteiger partial charge < -0.3 is 5.73 Å². The van der Waals surface area contributed by atoms with Crippen molar-refractivity contribution in [1.29, 1.82) is 0 Å². The molecule has 0 saturated heterocycles. The molecule has 0 saturated carbocycles. The summed E-state index contributed by atoms with van der Waals surface area (Å²) in [5, 5.41) is 10.7. The highest BCUT2D eigenvalue weighted by Gasteiger charge is 2.08. The molecule has 6 heteroatoms. The molecule has 0 radical (unpaired) electrons. The first-order chi connectivity index (χ1) is 6.16. The lowest BCUT2D eigenvalue weighted by molar-refractivity contribution is 0.761. The molecule has 2 rings (SSSR count). The zero-order chi connectivity index (χ0) is 9.42. The van der Waals surface area contributed by atoms with Crippen molar-refractivity contribution in [3.63, 3.8) is 0 Å². The van der Waals surface area contributed by atoms with Crippen LogP contribution in [0.25, 0.3) is 11.5 Å². The molecule has 2 heterocycles. The lowest BCUT2D eigenvalue weighted by Gasteiger charge is -1.93. The van der Waals surface area contributed by atoms with Crippen molar-refractivity contribution in [3.05, 3.63) is 11.9 Å². The Morgan fingerprint density at radius 3 is 2.77 bits per heavy atom. The third-order valence-electron chi connectivity index (χ3n) is 1.71. The van der Waals surface area contributed by atoms with Crippen molar-refractivity contribution >= 4 is 5.82 Å². The number of rotatable bonds is 1. The molecular weight excluding hydrogens is 168 g/mol. The quantitative estimate of drug-likeness (QED) is 0.648. The molecule has 0 spiro atoms. The highest BCUT2D eigenvalue weighted by Crippen LogP contribution is 2.14. The number of hydrogen-bond acceptors (Lipinski definition) is 4. The van der Waals surface area contributed by atoms with Crippen LogP contribution < -0.4 is 5.73 Å². The second kappa shape index (κ2) is 2.58. The van der Waals surface area contributed by atoms with Crippen LogP contribution in [-0.2, 0) is 7.05 Å². The minimum absolute atomic E-state index is 0.454. The first-order valence-corrected chi connectivity index (χ1v) is 3.85. The fourth-order valence-electron chi connectivity index (χ4n) is 1.20. The third-order valence-corrected chi connectivity index (χ3v) is 1.71. The summed E-state index contributed by atoms with van der Waals surface area (Å²) in [6.07, 6.45) is 0. The smallest absolute Gasteiger partial charge is 0.176 e. The SMILES string of the molecule is Cc1nc(-c2cc(N)n[nH]2)n(C)n1. The van der Waals surface area contributed by atoms with E-state index in [1.807, 2.05) is 14.0 Å². The van der Waals surface area contributed by atoms with Crippen LogP contribution in [0.15, 0.2) is 6.07 Å². The maximum atomic E-state index is 5.47. The Bertz CT molecular complexity index is 426. The van der Waals surface area contributed by atoms with E-state index in [9.17, 15) is 0 Å². The molecule has 0 fully saturated rings. The molecule has 0 unspecified atom stereocenters. The predicted octanol–water partition coefficient (Wildman–Crippen LogP) is 0.0958. The number of nitrogens with one attached hydrogen (secondary N) is 1. The van der Waals surface area contributed by atoms with E-state index in [1.54, 1.807) is 10.7 Å². The number of nitrogen functional groups attached to an aromatic ring is 1. The summed E-state index contributed by atoms with van der Waals surface area (Å²) >= 11 is 0. The first-order valence-electron chi connectivity index (χ1n) is 3.85. The summed E-state index contributed by atoms with van der Waals surface area (Å²) in [6, 6.07) is 1.73. The lowest BCUT2D eigenvalue weighted by Crippen LogP contribution is -1.94. The van der Waals surface area contributed by atoms with E-state index in [0.29, 0.717) is 5.82 Å². The molecule has 3 N–H and O–H groups in total. The molecule has 0 amide bonds. The zero-order valence-corrected chi connectivity index (χ0v) is 7.44. The lowest BCUT2D eigenvalue weighted by atomic mass is 10.4. The van der Waals surface area contributed by atoms with Gasteiger partial charge in [0.25, 0.3) is 0 Å². The number of aromatic amines is 1. The Morgan fingerprint density at radius 1 is 1.54 bits per heavy atom. The summed E-state index contributed by atoms with van der Waals surface area (Å²) in [7, 11) is 1.83. The molecule has 68 valence electrons. The van der Waals surface area contributed by atoms with Gasteiger partial charge in [-0.2, -0.15) is 10.2 Å². The van der Waals surface area contributed by atoms with Gasteiger partial charge in [-0.15, -0.1) is 0 Å². The number of nitrogens with zero attached hydrogens (tertiary/aromatic N) is 4. The average molecular weight is 178 g/mol. The van der Waals surface area contributed by atoms with E-state index in [0.717, 1.165) is 17.3 Å². The molecule has 0 aromatic carbocycles. The summed E-state index contributed by atoms with van der Waals surface area (Å²) in [6.45, 7) is 1.84. The predicted molar refractivity (Wildman–Crippen MR) is 47.7 cm³/mol. The highest BCUT2D eigenvalue weighted by atomic mass is 15.3. The largest absolute Gasteiger partial charge is 0.382 e. The molecule has 0 aliphatic carbocycles. The van der Waals surface area contributed by atoms with Gasteiger partial charge in [0, 0.05) is 13.1 Å². The van der Waals surface area contributed by atoms with E-state index in [2.05, 4.69) is 20.3 Å². The minimum atomic E-state index is 0.454. The van der Waals surface area contributed by atoms with Gasteiger partial charge in [-0.1, -0.05) is 0 Å². The maximum Gasteiger partial charge on any atom is 0.176 e. The standard InChI is InChI=1S/C7H10N6/c1-4-9-7(13(2)12-4)5-3-6(8)11-10-5/h3H,1-2H3,(H3,8,10,11). The van der Waals surface area contributed by atoms with Crippen molar-refractivity contribution in [3.8, 4) is 11.5 Å². The molecule has 0 aliphatic rings. The Morgan fingerprint density at radius 2 is 2.31 bits per heavy atom. The molecule has 13 heavy (non-hydrogen) atoms. The van der Waals surface area contributed by atoms with Gasteiger partial charge in [-0.25, -0.2) is 9.67 Å². The molecule has 2 aromatic heterocycles. The van der Waals surface area contributed by atoms with Crippen molar-refractivity contribution in [2.24, 2.45) is 7.05 Å². The van der Waals surface area contributed by atoms with Gasteiger partial charge in [0.2, 0.25) is 0 Å². The Balaban J connectivity index is 2.51. The van der Waals surface area contributed by atoms with Gasteiger partial charge in [0.15, 0.2) is 5.82 Å². The number of anilines is 1. The second-order valence-corrected chi connectivity index (χ2v) is 2.81. The molecule has 0 bridgehead atoms. The number of H-pyrrole nitrogens is 1. The van der Waals surface area contributed by atoms with Gasteiger partial charge in [0.1, 0.15) is 17.3 Å². The van der Waals surface area contributed by atoms with Crippen molar-refractivity contribution < 1.29 is 0 Å². The zero-order valence-electron chi connectivity index (χ0n) is 7.44. The fraction of sp³-hybridized carbons (Fsp3) is 0.286. The first kappa shape index (κ1) is 7.78. The summed E-state index contributed by atoms with van der Waals surface area (Å²) in [5.41, 5.74) is 6.25. The Labute approximate surface area is 74.8 Å². The van der Waals surface area contributed by atoms with Crippen molar-refractivity contribution in [2.75, 3.05) is 5.73 Å². The minimum Gasteiger partial charge on any atom is -0.382 e. The molecule has 0 atom stereocenters. The third kappa shape index (κ3) is 1.26. The van der Waals surface area contributed by atoms with E-state index in [-0.39, 0.29) is 0 Å². The van der Waals surface area contributed by atoms with Crippen LogP contribution in [0, 0.1) is 6.92 Å². The van der Waals surface area contributed by atoms with Gasteiger partial charge >= 0.3 is 0 Å². The van der Waals surface area contributed by atoms with E-state index in [4.69, 9.17) is 5.73 Å². The van der Waals surface area contributed by atoms with Crippen LogP contribution in [-0.4, -0.2) is 25.0 Å². The summed E-state index contributed by atoms with van der Waals surface area (Å²) in [5.74, 6) is 1.92. The van der Waals surface area contributed by atoms with E-state index < -0.39 is 0 Å². The van der Waals surface area contributed by atoms with Crippen LogP contribution >= 0.6 is 0 Å². The Hall–Kier alpha value is -1.85. The Kier molecular flexibility index (Phi) is 1.54. The summed E-state index contributed by atoms with van der Waals surface area (Å²) in [4.78, 5) is 4.22. The van der Waals surface area contributed by atoms with Crippen LogP contribution in [0.3, 0.4) is 0 Å². The van der Waals surface area contributed by atoms with E-state index in [1.165, 1.54) is 0 Å². The maximum absolute atomic E-state index is 5.47.